The van der Waals surface area contributed by atoms with Gasteiger partial charge in [0.2, 0.25) is 5.91 Å². The Morgan fingerprint density at radius 2 is 1.79 bits per heavy atom. The number of hydrogen-bond donors (Lipinski definition) is 1. The average molecular weight is 285 g/mol. The summed E-state index contributed by atoms with van der Waals surface area (Å²) in [6.07, 6.45) is 0. The summed E-state index contributed by atoms with van der Waals surface area (Å²) < 4.78 is 26.6. The highest BCUT2D eigenvalue weighted by Gasteiger charge is 2.26. The summed E-state index contributed by atoms with van der Waals surface area (Å²) in [4.78, 5) is 11.7. The second-order valence-corrected chi connectivity index (χ2v) is 6.15. The molecule has 1 N–H and O–H groups in total. The van der Waals surface area contributed by atoms with Crippen molar-refractivity contribution in [2.24, 2.45) is 0 Å². The highest BCUT2D eigenvalue weighted by Crippen LogP contribution is 2.18. The third kappa shape index (κ3) is 3.93. The Bertz CT molecular complexity index is 514. The van der Waals surface area contributed by atoms with Gasteiger partial charge in [-0.3, -0.25) is 4.79 Å². The molecule has 1 aromatic rings. The molecule has 7 heteroatoms. The maximum atomic E-state index is 12.2. The van der Waals surface area contributed by atoms with Crippen LogP contribution >= 0.6 is 0 Å². The fourth-order valence-electron chi connectivity index (χ4n) is 1.48. The second kappa shape index (κ2) is 6.53. The molecule has 0 aliphatic heterocycles. The van der Waals surface area contributed by atoms with Crippen molar-refractivity contribution in [3.63, 3.8) is 0 Å². The molecule has 0 aromatic heterocycles. The first kappa shape index (κ1) is 15.5. The van der Waals surface area contributed by atoms with Crippen LogP contribution in [-0.4, -0.2) is 45.8 Å². The maximum Gasteiger partial charge on any atom is 0.304 e. The van der Waals surface area contributed by atoms with E-state index in [1.807, 2.05) is 0 Å². The predicted octanol–water partition coefficient (Wildman–Crippen LogP) is 0.435. The molecule has 1 rings (SSSR count). The zero-order valence-electron chi connectivity index (χ0n) is 11.3. The summed E-state index contributed by atoms with van der Waals surface area (Å²) in [5, 5.41) is 2.59. The minimum absolute atomic E-state index is 0.238. The highest BCUT2D eigenvalue weighted by molar-refractivity contribution is 7.90. The van der Waals surface area contributed by atoms with Gasteiger partial charge in [0, 0.05) is 20.6 Å². The number of anilines is 1. The summed E-state index contributed by atoms with van der Waals surface area (Å²) in [5.74, 6) is -0.336. The Morgan fingerprint density at radius 3 is 2.26 bits per heavy atom. The standard InChI is InChI=1S/C12H19N3O3S/c1-4-13-12(16)10-15(19(17,18)14(2)3)11-8-6-5-7-9-11/h5-9H,4,10H2,1-3H3,(H,13,16). The third-order valence-corrected chi connectivity index (χ3v) is 4.27. The average Bonchev–Trinajstić information content (AvgIpc) is 2.37. The molecule has 0 aliphatic rings. The summed E-state index contributed by atoms with van der Waals surface area (Å²) >= 11 is 0. The van der Waals surface area contributed by atoms with Gasteiger partial charge in [-0.1, -0.05) is 18.2 Å². The van der Waals surface area contributed by atoms with Crippen molar-refractivity contribution < 1.29 is 13.2 Å². The van der Waals surface area contributed by atoms with E-state index in [9.17, 15) is 13.2 Å². The molecular formula is C12H19N3O3S. The van der Waals surface area contributed by atoms with Crippen molar-refractivity contribution in [2.45, 2.75) is 6.92 Å². The lowest BCUT2D eigenvalue weighted by Crippen LogP contribution is -2.45. The van der Waals surface area contributed by atoms with Crippen LogP contribution in [0.3, 0.4) is 0 Å². The summed E-state index contributed by atoms with van der Waals surface area (Å²) in [6.45, 7) is 2.01. The van der Waals surface area contributed by atoms with Crippen molar-refractivity contribution in [1.29, 1.82) is 0 Å². The number of rotatable bonds is 6. The number of hydrogen-bond acceptors (Lipinski definition) is 3. The van der Waals surface area contributed by atoms with E-state index in [1.165, 1.54) is 14.1 Å². The van der Waals surface area contributed by atoms with E-state index in [2.05, 4.69) is 5.32 Å². The van der Waals surface area contributed by atoms with Crippen LogP contribution in [-0.2, 0) is 15.0 Å². The summed E-state index contributed by atoms with van der Waals surface area (Å²) in [7, 11) is -0.833. The topological polar surface area (TPSA) is 69.7 Å². The Kier molecular flexibility index (Phi) is 5.31. The van der Waals surface area contributed by atoms with E-state index >= 15 is 0 Å². The Morgan fingerprint density at radius 1 is 1.21 bits per heavy atom. The first-order valence-corrected chi connectivity index (χ1v) is 7.31. The second-order valence-electron chi connectivity index (χ2n) is 4.09. The van der Waals surface area contributed by atoms with E-state index in [-0.39, 0.29) is 12.5 Å². The molecule has 0 aliphatic carbocycles. The zero-order chi connectivity index (χ0) is 14.5. The minimum atomic E-state index is -3.70. The number of carbonyl (C=O) groups excluding carboxylic acids is 1. The summed E-state index contributed by atoms with van der Waals surface area (Å²) in [6, 6.07) is 8.55. The van der Waals surface area contributed by atoms with Crippen LogP contribution in [0.4, 0.5) is 5.69 Å². The van der Waals surface area contributed by atoms with Crippen LogP contribution in [0.5, 0.6) is 0 Å². The molecule has 0 unspecified atom stereocenters. The normalized spacial score (nSPS) is 11.4. The maximum absolute atomic E-state index is 12.2. The van der Waals surface area contributed by atoms with Crippen LogP contribution < -0.4 is 9.62 Å². The Labute approximate surface area is 114 Å². The van der Waals surface area contributed by atoms with Crippen LogP contribution in [0.1, 0.15) is 6.92 Å². The van der Waals surface area contributed by atoms with Gasteiger partial charge in [0.05, 0.1) is 5.69 Å². The van der Waals surface area contributed by atoms with Crippen LogP contribution in [0.15, 0.2) is 30.3 Å². The molecule has 0 atom stereocenters. The number of nitrogens with zero attached hydrogens (tertiary/aromatic N) is 2. The quantitative estimate of drug-likeness (QED) is 0.824. The predicted molar refractivity (Wildman–Crippen MR) is 75.1 cm³/mol. The lowest BCUT2D eigenvalue weighted by Gasteiger charge is -2.26. The van der Waals surface area contributed by atoms with Crippen LogP contribution in [0, 0.1) is 0 Å². The van der Waals surface area contributed by atoms with E-state index in [0.717, 1.165) is 8.61 Å². The molecule has 0 radical (unpaired) electrons. The molecule has 0 saturated carbocycles. The number of carbonyl (C=O) groups is 1. The van der Waals surface area contributed by atoms with Crippen molar-refractivity contribution in [2.75, 3.05) is 31.5 Å². The summed E-state index contributed by atoms with van der Waals surface area (Å²) in [5.41, 5.74) is 0.461. The van der Waals surface area contributed by atoms with Crippen LogP contribution in [0.2, 0.25) is 0 Å². The molecule has 0 bridgehead atoms. The van der Waals surface area contributed by atoms with Gasteiger partial charge in [-0.25, -0.2) is 4.31 Å². The molecular weight excluding hydrogens is 266 g/mol. The molecule has 0 fully saturated rings. The van der Waals surface area contributed by atoms with Gasteiger partial charge in [0.25, 0.3) is 0 Å². The Balaban J connectivity index is 3.09. The number of benzene rings is 1. The number of para-hydroxylation sites is 1. The lowest BCUT2D eigenvalue weighted by atomic mass is 10.3. The molecule has 0 spiro atoms. The fraction of sp³-hybridized carbons (Fsp3) is 0.417. The van der Waals surface area contributed by atoms with Crippen molar-refractivity contribution >= 4 is 21.8 Å². The number of likely N-dealkylation sites (N-methyl/N-ethyl adjacent to an activating group) is 1. The zero-order valence-corrected chi connectivity index (χ0v) is 12.1. The van der Waals surface area contributed by atoms with Gasteiger partial charge in [-0.15, -0.1) is 0 Å². The van der Waals surface area contributed by atoms with Crippen molar-refractivity contribution in [1.82, 2.24) is 9.62 Å². The molecule has 19 heavy (non-hydrogen) atoms. The fourth-order valence-corrected chi connectivity index (χ4v) is 2.54. The Hall–Kier alpha value is -1.60. The molecule has 6 nitrogen and oxygen atoms in total. The molecule has 0 heterocycles. The van der Waals surface area contributed by atoms with Gasteiger partial charge < -0.3 is 5.32 Å². The van der Waals surface area contributed by atoms with Gasteiger partial charge in [-0.2, -0.15) is 12.7 Å². The van der Waals surface area contributed by atoms with Crippen LogP contribution in [0.25, 0.3) is 0 Å². The van der Waals surface area contributed by atoms with E-state index in [1.54, 1.807) is 37.3 Å². The van der Waals surface area contributed by atoms with Crippen molar-refractivity contribution in [3.05, 3.63) is 30.3 Å². The molecule has 106 valence electrons. The van der Waals surface area contributed by atoms with Gasteiger partial charge in [0.15, 0.2) is 0 Å². The number of nitrogens with one attached hydrogen (secondary N) is 1. The van der Waals surface area contributed by atoms with Crippen molar-refractivity contribution in [3.8, 4) is 0 Å². The van der Waals surface area contributed by atoms with Gasteiger partial charge in [-0.05, 0) is 19.1 Å². The SMILES string of the molecule is CCNC(=O)CN(c1ccccc1)S(=O)(=O)N(C)C. The van der Waals surface area contributed by atoms with E-state index < -0.39 is 10.2 Å². The lowest BCUT2D eigenvalue weighted by molar-refractivity contribution is -0.119. The van der Waals surface area contributed by atoms with Gasteiger partial charge in [0.1, 0.15) is 6.54 Å². The largest absolute Gasteiger partial charge is 0.355 e. The smallest absolute Gasteiger partial charge is 0.304 e. The molecule has 1 aromatic carbocycles. The minimum Gasteiger partial charge on any atom is -0.355 e. The first-order valence-electron chi connectivity index (χ1n) is 5.91. The molecule has 0 saturated heterocycles. The van der Waals surface area contributed by atoms with E-state index in [0.29, 0.717) is 12.2 Å². The highest BCUT2D eigenvalue weighted by atomic mass is 32.2. The van der Waals surface area contributed by atoms with Gasteiger partial charge >= 0.3 is 10.2 Å². The van der Waals surface area contributed by atoms with E-state index in [4.69, 9.17) is 0 Å². The molecule has 1 amide bonds. The monoisotopic (exact) mass is 285 g/mol. The third-order valence-electron chi connectivity index (χ3n) is 2.45. The first-order chi connectivity index (χ1) is 8.89. The number of amides is 1.